The monoisotopic (exact) mass is 375 g/mol. The Morgan fingerprint density at radius 3 is 2.26 bits per heavy atom. The summed E-state index contributed by atoms with van der Waals surface area (Å²) in [7, 11) is 0. The van der Waals surface area contributed by atoms with Crippen LogP contribution >= 0.6 is 11.3 Å². The minimum absolute atomic E-state index is 0.0771. The molecule has 0 aliphatic carbocycles. The van der Waals surface area contributed by atoms with Crippen molar-refractivity contribution >= 4 is 27.5 Å². The molecule has 4 rings (SSSR count). The molecule has 0 aliphatic heterocycles. The van der Waals surface area contributed by atoms with E-state index >= 15 is 0 Å². The van der Waals surface area contributed by atoms with Crippen LogP contribution in [0.1, 0.15) is 21.9 Å². The first-order valence-electron chi connectivity index (χ1n) is 8.56. The topological polar surface area (TPSA) is 74.8 Å². The molecule has 1 amide bonds. The number of nitrogens with zero attached hydrogens (tertiary/aromatic N) is 1. The Bertz CT molecular complexity index is 1080. The van der Waals surface area contributed by atoms with Gasteiger partial charge in [-0.15, -0.1) is 11.3 Å². The Morgan fingerprint density at radius 1 is 1.04 bits per heavy atom. The molecule has 0 unspecified atom stereocenters. The molecule has 5 nitrogen and oxygen atoms in total. The van der Waals surface area contributed by atoms with Crippen molar-refractivity contribution in [3.05, 3.63) is 99.4 Å². The van der Waals surface area contributed by atoms with Crippen molar-refractivity contribution in [3.8, 4) is 0 Å². The van der Waals surface area contributed by atoms with Gasteiger partial charge in [0.15, 0.2) is 0 Å². The molecule has 0 saturated carbocycles. The standard InChI is InChI=1S/C21H17N3O2S/c25-19-17-11-16(27-21(17)24-13-23-19)12-22-20(26)18(14-7-3-1-4-8-14)15-9-5-2-6-10-15/h1-11,13,18H,12H2,(H,22,26)(H,23,24,25). The second-order valence-electron chi connectivity index (χ2n) is 6.14. The zero-order valence-electron chi connectivity index (χ0n) is 14.4. The Hall–Kier alpha value is -3.25. The van der Waals surface area contributed by atoms with E-state index in [9.17, 15) is 9.59 Å². The van der Waals surface area contributed by atoms with Crippen molar-refractivity contribution in [2.45, 2.75) is 12.5 Å². The number of aromatic nitrogens is 2. The van der Waals surface area contributed by atoms with E-state index in [0.717, 1.165) is 16.0 Å². The van der Waals surface area contributed by atoms with Gasteiger partial charge in [0.05, 0.1) is 24.2 Å². The van der Waals surface area contributed by atoms with Crippen LogP contribution in [0, 0.1) is 0 Å². The fraction of sp³-hybridized carbons (Fsp3) is 0.0952. The summed E-state index contributed by atoms with van der Waals surface area (Å²) >= 11 is 1.41. The highest BCUT2D eigenvalue weighted by molar-refractivity contribution is 7.18. The predicted octanol–water partition coefficient (Wildman–Crippen LogP) is 3.43. The summed E-state index contributed by atoms with van der Waals surface area (Å²) in [4.78, 5) is 33.1. The van der Waals surface area contributed by atoms with Gasteiger partial charge in [0.2, 0.25) is 5.91 Å². The summed E-state index contributed by atoms with van der Waals surface area (Å²) in [6, 6.07) is 21.2. The molecule has 0 radical (unpaired) electrons. The van der Waals surface area contributed by atoms with Gasteiger partial charge in [-0.25, -0.2) is 4.98 Å². The average molecular weight is 375 g/mol. The van der Waals surface area contributed by atoms with Crippen molar-refractivity contribution < 1.29 is 4.79 Å². The maximum Gasteiger partial charge on any atom is 0.259 e. The molecule has 0 spiro atoms. The molecule has 4 aromatic rings. The third-order valence-corrected chi connectivity index (χ3v) is 5.39. The maximum atomic E-state index is 13.0. The zero-order chi connectivity index (χ0) is 18.6. The number of hydrogen-bond donors (Lipinski definition) is 2. The molecule has 0 fully saturated rings. The van der Waals surface area contributed by atoms with Gasteiger partial charge < -0.3 is 10.3 Å². The van der Waals surface area contributed by atoms with Gasteiger partial charge in [0, 0.05) is 4.88 Å². The Balaban J connectivity index is 1.58. The number of thiophene rings is 1. The summed E-state index contributed by atoms with van der Waals surface area (Å²) in [6.07, 6.45) is 1.39. The van der Waals surface area contributed by atoms with Gasteiger partial charge in [0.1, 0.15) is 4.83 Å². The summed E-state index contributed by atoms with van der Waals surface area (Å²) in [5.41, 5.74) is 1.71. The number of fused-ring (bicyclic) bond motifs is 1. The van der Waals surface area contributed by atoms with Crippen LogP contribution in [-0.4, -0.2) is 15.9 Å². The van der Waals surface area contributed by atoms with E-state index < -0.39 is 0 Å². The Labute approximate surface area is 159 Å². The highest BCUT2D eigenvalue weighted by Gasteiger charge is 2.22. The van der Waals surface area contributed by atoms with Crippen LogP contribution in [0.25, 0.3) is 10.2 Å². The molecule has 6 heteroatoms. The molecule has 0 atom stereocenters. The first-order valence-corrected chi connectivity index (χ1v) is 9.38. The van der Waals surface area contributed by atoms with E-state index in [1.807, 2.05) is 60.7 Å². The van der Waals surface area contributed by atoms with Crippen LogP contribution in [0.5, 0.6) is 0 Å². The number of hydrogen-bond acceptors (Lipinski definition) is 4. The molecule has 2 aromatic carbocycles. The minimum atomic E-state index is -0.386. The number of carbonyl (C=O) groups is 1. The van der Waals surface area contributed by atoms with E-state index in [0.29, 0.717) is 16.8 Å². The quantitative estimate of drug-likeness (QED) is 0.561. The molecular formula is C21H17N3O2S. The molecule has 2 N–H and O–H groups in total. The number of rotatable bonds is 5. The van der Waals surface area contributed by atoms with Gasteiger partial charge in [-0.1, -0.05) is 60.7 Å². The molecule has 0 bridgehead atoms. The van der Waals surface area contributed by atoms with E-state index in [2.05, 4.69) is 15.3 Å². The highest BCUT2D eigenvalue weighted by Crippen LogP contribution is 2.25. The molecule has 2 heterocycles. The smallest absolute Gasteiger partial charge is 0.259 e. The molecule has 2 aromatic heterocycles. The van der Waals surface area contributed by atoms with Crippen LogP contribution in [0.3, 0.4) is 0 Å². The number of nitrogens with one attached hydrogen (secondary N) is 2. The second kappa shape index (κ2) is 7.55. The predicted molar refractivity (Wildman–Crippen MR) is 107 cm³/mol. The SMILES string of the molecule is O=C(NCc1cc2c(=O)[nH]cnc2s1)C(c1ccccc1)c1ccccc1. The molecule has 134 valence electrons. The maximum absolute atomic E-state index is 13.0. The van der Waals surface area contributed by atoms with Crippen LogP contribution < -0.4 is 10.9 Å². The number of benzene rings is 2. The van der Waals surface area contributed by atoms with Gasteiger partial charge in [-0.3, -0.25) is 9.59 Å². The lowest BCUT2D eigenvalue weighted by Gasteiger charge is -2.17. The first kappa shape index (κ1) is 17.2. The second-order valence-corrected chi connectivity index (χ2v) is 7.25. The Morgan fingerprint density at radius 2 is 1.67 bits per heavy atom. The summed E-state index contributed by atoms with van der Waals surface area (Å²) in [5, 5.41) is 3.56. The zero-order valence-corrected chi connectivity index (χ0v) is 15.2. The van der Waals surface area contributed by atoms with Gasteiger partial charge >= 0.3 is 0 Å². The van der Waals surface area contributed by atoms with E-state index in [1.54, 1.807) is 6.07 Å². The lowest BCUT2D eigenvalue weighted by molar-refractivity contribution is -0.121. The fourth-order valence-corrected chi connectivity index (χ4v) is 4.00. The van der Waals surface area contributed by atoms with Crippen molar-refractivity contribution in [2.24, 2.45) is 0 Å². The molecule has 0 aliphatic rings. The minimum Gasteiger partial charge on any atom is -0.350 e. The molecule has 0 saturated heterocycles. The number of aromatic amines is 1. The van der Waals surface area contributed by atoms with Gasteiger partial charge in [-0.05, 0) is 17.2 Å². The van der Waals surface area contributed by atoms with Crippen LogP contribution in [0.2, 0.25) is 0 Å². The number of carbonyl (C=O) groups excluding carboxylic acids is 1. The lowest BCUT2D eigenvalue weighted by Crippen LogP contribution is -2.29. The van der Waals surface area contributed by atoms with E-state index in [1.165, 1.54) is 17.7 Å². The average Bonchev–Trinajstić information content (AvgIpc) is 3.13. The van der Waals surface area contributed by atoms with E-state index in [4.69, 9.17) is 0 Å². The number of amides is 1. The third kappa shape index (κ3) is 3.66. The highest BCUT2D eigenvalue weighted by atomic mass is 32.1. The van der Waals surface area contributed by atoms with Gasteiger partial charge in [-0.2, -0.15) is 0 Å². The molecule has 27 heavy (non-hydrogen) atoms. The van der Waals surface area contributed by atoms with Crippen molar-refractivity contribution in [1.29, 1.82) is 0 Å². The summed E-state index contributed by atoms with van der Waals surface area (Å²) < 4.78 is 0. The normalized spacial score (nSPS) is 11.0. The number of H-pyrrole nitrogens is 1. The van der Waals surface area contributed by atoms with E-state index in [-0.39, 0.29) is 17.4 Å². The Kier molecular flexibility index (Phi) is 4.80. The van der Waals surface area contributed by atoms with Crippen LogP contribution in [0.15, 0.2) is 77.9 Å². The molecular weight excluding hydrogens is 358 g/mol. The van der Waals surface area contributed by atoms with Crippen LogP contribution in [-0.2, 0) is 11.3 Å². The lowest BCUT2D eigenvalue weighted by atomic mass is 9.90. The van der Waals surface area contributed by atoms with Crippen molar-refractivity contribution in [2.75, 3.05) is 0 Å². The fourth-order valence-electron chi connectivity index (χ4n) is 3.07. The first-order chi connectivity index (χ1) is 13.2. The largest absolute Gasteiger partial charge is 0.350 e. The van der Waals surface area contributed by atoms with Crippen LogP contribution in [0.4, 0.5) is 0 Å². The van der Waals surface area contributed by atoms with Crippen molar-refractivity contribution in [1.82, 2.24) is 15.3 Å². The summed E-state index contributed by atoms with van der Waals surface area (Å²) in [5.74, 6) is -0.463. The summed E-state index contributed by atoms with van der Waals surface area (Å²) in [6.45, 7) is 0.357. The van der Waals surface area contributed by atoms with Crippen molar-refractivity contribution in [3.63, 3.8) is 0 Å². The third-order valence-electron chi connectivity index (χ3n) is 4.35. The van der Waals surface area contributed by atoms with Gasteiger partial charge in [0.25, 0.3) is 5.56 Å².